The van der Waals surface area contributed by atoms with Crippen LogP contribution in [0.15, 0.2) is 24.3 Å². The zero-order chi connectivity index (χ0) is 20.1. The number of aryl methyl sites for hydroxylation is 2. The summed E-state index contributed by atoms with van der Waals surface area (Å²) in [6, 6.07) is 8.37. The number of piperazine rings is 1. The SMILES string of the molecule is CCOC(=O)c1sc(NC(=O)CN2CCN(c3ccccc3C)CC2)nc1C. The van der Waals surface area contributed by atoms with Crippen molar-refractivity contribution in [1.29, 1.82) is 0 Å². The van der Waals surface area contributed by atoms with E-state index in [0.29, 0.717) is 28.9 Å². The number of nitrogens with one attached hydrogen (secondary N) is 1. The first-order valence-corrected chi connectivity index (χ1v) is 10.3. The Bertz CT molecular complexity index is 844. The number of rotatable bonds is 6. The molecule has 7 nitrogen and oxygen atoms in total. The third-order valence-electron chi connectivity index (χ3n) is 4.70. The fraction of sp³-hybridized carbons (Fsp3) is 0.450. The summed E-state index contributed by atoms with van der Waals surface area (Å²) in [4.78, 5) is 33.5. The molecule has 1 fully saturated rings. The van der Waals surface area contributed by atoms with Gasteiger partial charge in [0.15, 0.2) is 5.13 Å². The number of amides is 1. The third kappa shape index (κ3) is 4.88. The smallest absolute Gasteiger partial charge is 0.350 e. The van der Waals surface area contributed by atoms with Crippen molar-refractivity contribution in [2.45, 2.75) is 20.8 Å². The molecular formula is C20H26N4O3S. The first kappa shape index (κ1) is 20.3. The number of ether oxygens (including phenoxy) is 1. The van der Waals surface area contributed by atoms with Crippen LogP contribution in [0, 0.1) is 13.8 Å². The number of benzene rings is 1. The van der Waals surface area contributed by atoms with Crippen LogP contribution in [0.2, 0.25) is 0 Å². The van der Waals surface area contributed by atoms with Gasteiger partial charge in [0.1, 0.15) is 4.88 Å². The average Bonchev–Trinajstić information content (AvgIpc) is 3.03. The van der Waals surface area contributed by atoms with Crippen molar-refractivity contribution in [2.75, 3.05) is 49.5 Å². The summed E-state index contributed by atoms with van der Waals surface area (Å²) in [5, 5.41) is 3.24. The molecule has 1 N–H and O–H groups in total. The van der Waals surface area contributed by atoms with Gasteiger partial charge in [0.2, 0.25) is 5.91 Å². The molecule has 0 spiro atoms. The molecule has 1 aliphatic heterocycles. The van der Waals surface area contributed by atoms with Crippen LogP contribution in [-0.4, -0.2) is 61.1 Å². The van der Waals surface area contributed by atoms with E-state index in [0.717, 1.165) is 37.5 Å². The molecule has 28 heavy (non-hydrogen) atoms. The normalized spacial score (nSPS) is 14.8. The highest BCUT2D eigenvalue weighted by Gasteiger charge is 2.21. The molecule has 1 saturated heterocycles. The van der Waals surface area contributed by atoms with E-state index >= 15 is 0 Å². The molecule has 0 unspecified atom stereocenters. The van der Waals surface area contributed by atoms with Crippen molar-refractivity contribution in [3.63, 3.8) is 0 Å². The zero-order valence-corrected chi connectivity index (χ0v) is 17.3. The van der Waals surface area contributed by atoms with E-state index in [2.05, 4.69) is 45.2 Å². The molecule has 0 atom stereocenters. The summed E-state index contributed by atoms with van der Waals surface area (Å²) < 4.78 is 5.01. The standard InChI is InChI=1S/C20H26N4O3S/c1-4-27-19(26)18-15(3)21-20(28-18)22-17(25)13-23-9-11-24(12-10-23)16-8-6-5-7-14(16)2/h5-8H,4,9-13H2,1-3H3,(H,21,22,25). The van der Waals surface area contributed by atoms with Gasteiger partial charge in [0, 0.05) is 31.9 Å². The van der Waals surface area contributed by atoms with Gasteiger partial charge < -0.3 is 15.0 Å². The van der Waals surface area contributed by atoms with Crippen LogP contribution in [0.4, 0.5) is 10.8 Å². The van der Waals surface area contributed by atoms with Crippen molar-refractivity contribution in [1.82, 2.24) is 9.88 Å². The van der Waals surface area contributed by atoms with Crippen LogP contribution < -0.4 is 10.2 Å². The topological polar surface area (TPSA) is 74.8 Å². The maximum absolute atomic E-state index is 12.4. The largest absolute Gasteiger partial charge is 0.462 e. The minimum Gasteiger partial charge on any atom is -0.462 e. The summed E-state index contributed by atoms with van der Waals surface area (Å²) >= 11 is 1.15. The second-order valence-corrected chi connectivity index (χ2v) is 7.75. The summed E-state index contributed by atoms with van der Waals surface area (Å²) in [5.41, 5.74) is 3.10. The molecule has 150 valence electrons. The lowest BCUT2D eigenvalue weighted by Crippen LogP contribution is -2.48. The Balaban J connectivity index is 1.51. The maximum atomic E-state index is 12.4. The highest BCUT2D eigenvalue weighted by molar-refractivity contribution is 7.17. The molecule has 2 heterocycles. The van der Waals surface area contributed by atoms with Gasteiger partial charge in [0.05, 0.1) is 18.8 Å². The molecule has 1 aromatic heterocycles. The lowest BCUT2D eigenvalue weighted by molar-refractivity contribution is -0.117. The quantitative estimate of drug-likeness (QED) is 0.749. The minimum atomic E-state index is -0.398. The van der Waals surface area contributed by atoms with Crippen molar-refractivity contribution in [3.8, 4) is 0 Å². The van der Waals surface area contributed by atoms with E-state index in [1.165, 1.54) is 11.3 Å². The molecule has 3 rings (SSSR count). The second-order valence-electron chi connectivity index (χ2n) is 6.75. The Morgan fingerprint density at radius 3 is 2.57 bits per heavy atom. The Morgan fingerprint density at radius 2 is 1.89 bits per heavy atom. The van der Waals surface area contributed by atoms with Crippen LogP contribution in [0.5, 0.6) is 0 Å². The van der Waals surface area contributed by atoms with Gasteiger partial charge in [-0.3, -0.25) is 9.69 Å². The van der Waals surface area contributed by atoms with E-state index in [4.69, 9.17) is 4.74 Å². The number of para-hydroxylation sites is 1. The maximum Gasteiger partial charge on any atom is 0.350 e. The van der Waals surface area contributed by atoms with Gasteiger partial charge in [0.25, 0.3) is 0 Å². The molecule has 1 aromatic carbocycles. The van der Waals surface area contributed by atoms with Crippen molar-refractivity contribution in [3.05, 3.63) is 40.4 Å². The van der Waals surface area contributed by atoms with Gasteiger partial charge in [-0.05, 0) is 32.4 Å². The fourth-order valence-corrected chi connectivity index (χ4v) is 4.14. The third-order valence-corrected chi connectivity index (χ3v) is 5.75. The Morgan fingerprint density at radius 1 is 1.18 bits per heavy atom. The molecule has 1 aliphatic rings. The summed E-state index contributed by atoms with van der Waals surface area (Å²) in [7, 11) is 0. The van der Waals surface area contributed by atoms with E-state index in [9.17, 15) is 9.59 Å². The predicted octanol–water partition coefficient (Wildman–Crippen LogP) is 2.70. The van der Waals surface area contributed by atoms with Crippen molar-refractivity contribution >= 4 is 34.0 Å². The zero-order valence-electron chi connectivity index (χ0n) is 16.5. The number of aromatic nitrogens is 1. The number of hydrogen-bond acceptors (Lipinski definition) is 7. The molecule has 2 aromatic rings. The first-order chi connectivity index (χ1) is 13.5. The van der Waals surface area contributed by atoms with Crippen LogP contribution in [0.1, 0.15) is 27.9 Å². The molecule has 0 bridgehead atoms. The van der Waals surface area contributed by atoms with Crippen LogP contribution in [0.25, 0.3) is 0 Å². The first-order valence-electron chi connectivity index (χ1n) is 9.45. The number of esters is 1. The Hall–Kier alpha value is -2.45. The minimum absolute atomic E-state index is 0.117. The number of carbonyl (C=O) groups is 2. The van der Waals surface area contributed by atoms with Gasteiger partial charge in [-0.15, -0.1) is 0 Å². The second kappa shape index (κ2) is 9.16. The molecule has 0 saturated carbocycles. The molecule has 1 amide bonds. The number of carbonyl (C=O) groups excluding carboxylic acids is 2. The molecule has 8 heteroatoms. The van der Waals surface area contributed by atoms with E-state index < -0.39 is 5.97 Å². The number of anilines is 2. The van der Waals surface area contributed by atoms with Gasteiger partial charge >= 0.3 is 5.97 Å². The lowest BCUT2D eigenvalue weighted by Gasteiger charge is -2.36. The average molecular weight is 403 g/mol. The van der Waals surface area contributed by atoms with E-state index in [-0.39, 0.29) is 5.91 Å². The van der Waals surface area contributed by atoms with Crippen LogP contribution >= 0.6 is 11.3 Å². The monoisotopic (exact) mass is 402 g/mol. The van der Waals surface area contributed by atoms with E-state index in [1.54, 1.807) is 13.8 Å². The van der Waals surface area contributed by atoms with E-state index in [1.807, 2.05) is 6.07 Å². The molecule has 0 aliphatic carbocycles. The highest BCUT2D eigenvalue weighted by atomic mass is 32.1. The molecular weight excluding hydrogens is 376 g/mol. The summed E-state index contributed by atoms with van der Waals surface area (Å²) in [5.74, 6) is -0.515. The van der Waals surface area contributed by atoms with Gasteiger partial charge in [-0.1, -0.05) is 29.5 Å². The fourth-order valence-electron chi connectivity index (χ4n) is 3.26. The Labute approximate surface area is 169 Å². The summed E-state index contributed by atoms with van der Waals surface area (Å²) in [6.07, 6.45) is 0. The van der Waals surface area contributed by atoms with Gasteiger partial charge in [-0.25, -0.2) is 9.78 Å². The predicted molar refractivity (Wildman–Crippen MR) is 111 cm³/mol. The number of hydrogen-bond donors (Lipinski definition) is 1. The van der Waals surface area contributed by atoms with Gasteiger partial charge in [-0.2, -0.15) is 0 Å². The molecule has 0 radical (unpaired) electrons. The Kier molecular flexibility index (Phi) is 6.64. The summed E-state index contributed by atoms with van der Waals surface area (Å²) in [6.45, 7) is 9.68. The van der Waals surface area contributed by atoms with Crippen molar-refractivity contribution in [2.24, 2.45) is 0 Å². The number of nitrogens with zero attached hydrogens (tertiary/aromatic N) is 3. The number of thiazole rings is 1. The highest BCUT2D eigenvalue weighted by Crippen LogP contribution is 2.24. The lowest BCUT2D eigenvalue weighted by atomic mass is 10.1. The van der Waals surface area contributed by atoms with Crippen LogP contribution in [-0.2, 0) is 9.53 Å². The van der Waals surface area contributed by atoms with Crippen molar-refractivity contribution < 1.29 is 14.3 Å². The van der Waals surface area contributed by atoms with Crippen LogP contribution in [0.3, 0.4) is 0 Å².